The number of nitrogens with one attached hydrogen (secondary N) is 2. The van der Waals surface area contributed by atoms with Gasteiger partial charge in [0.05, 0.1) is 11.4 Å². The van der Waals surface area contributed by atoms with E-state index in [9.17, 15) is 18.0 Å². The van der Waals surface area contributed by atoms with Gasteiger partial charge >= 0.3 is 5.97 Å². The molecule has 0 atom stereocenters. The van der Waals surface area contributed by atoms with Crippen LogP contribution in [0.2, 0.25) is 0 Å². The number of carbonyl (C=O) groups excluding carboxylic acids is 1. The van der Waals surface area contributed by atoms with E-state index in [0.29, 0.717) is 0 Å². The van der Waals surface area contributed by atoms with Gasteiger partial charge in [-0.05, 0) is 30.5 Å². The van der Waals surface area contributed by atoms with Gasteiger partial charge < -0.3 is 10.4 Å². The number of unbranched alkanes of at least 4 members (excludes halogenated alkanes) is 3. The van der Waals surface area contributed by atoms with Crippen molar-refractivity contribution in [3.05, 3.63) is 29.8 Å². The van der Waals surface area contributed by atoms with Crippen molar-refractivity contribution in [2.75, 3.05) is 13.1 Å². The second-order valence-corrected chi connectivity index (χ2v) is 7.22. The smallest absolute Gasteiger partial charge is 0.322 e. The van der Waals surface area contributed by atoms with Crippen LogP contribution in [0.15, 0.2) is 29.2 Å². The maximum Gasteiger partial charge on any atom is 0.322 e. The Morgan fingerprint density at radius 2 is 1.71 bits per heavy atom. The monoisotopic (exact) mass is 356 g/mol. The highest BCUT2D eigenvalue weighted by molar-refractivity contribution is 7.89. The molecule has 24 heavy (non-hydrogen) atoms. The quantitative estimate of drug-likeness (QED) is 0.517. The van der Waals surface area contributed by atoms with Gasteiger partial charge in [0.15, 0.2) is 0 Å². The average molecular weight is 356 g/mol. The van der Waals surface area contributed by atoms with E-state index in [1.54, 1.807) is 12.1 Å². The lowest BCUT2D eigenvalue weighted by molar-refractivity contribution is -0.137. The molecule has 0 radical (unpaired) electrons. The zero-order chi connectivity index (χ0) is 18.0. The summed E-state index contributed by atoms with van der Waals surface area (Å²) in [5.41, 5.74) is 1.07. The molecule has 3 N–H and O–H groups in total. The van der Waals surface area contributed by atoms with Crippen molar-refractivity contribution in [3.8, 4) is 0 Å². The van der Waals surface area contributed by atoms with E-state index < -0.39 is 35.0 Å². The van der Waals surface area contributed by atoms with E-state index in [0.717, 1.165) is 24.8 Å². The third kappa shape index (κ3) is 7.56. The Labute approximate surface area is 142 Å². The molecule has 0 bridgehead atoms. The number of carboxylic acids is 1. The van der Waals surface area contributed by atoms with E-state index in [2.05, 4.69) is 17.0 Å². The Bertz CT molecular complexity index is 641. The fourth-order valence-corrected chi connectivity index (χ4v) is 3.05. The first kappa shape index (κ1) is 20.1. The normalized spacial score (nSPS) is 11.2. The molecule has 0 heterocycles. The SMILES string of the molecule is CCCCCCc1ccc(S(=O)(=O)NCC(=O)NCC(=O)O)cc1. The molecule has 0 aromatic heterocycles. The van der Waals surface area contributed by atoms with Crippen molar-refractivity contribution in [2.45, 2.75) is 43.9 Å². The number of amides is 1. The third-order valence-electron chi connectivity index (χ3n) is 3.41. The number of carbonyl (C=O) groups is 2. The molecule has 134 valence electrons. The summed E-state index contributed by atoms with van der Waals surface area (Å²) < 4.78 is 26.3. The van der Waals surface area contributed by atoms with Crippen LogP contribution >= 0.6 is 0 Å². The minimum atomic E-state index is -3.80. The molecular formula is C16H24N2O5S. The maximum absolute atomic E-state index is 12.1. The van der Waals surface area contributed by atoms with E-state index in [1.165, 1.54) is 25.0 Å². The second-order valence-electron chi connectivity index (χ2n) is 5.45. The number of carboxylic acid groups (broad SMARTS) is 1. The predicted octanol–water partition coefficient (Wildman–Crippen LogP) is 1.29. The van der Waals surface area contributed by atoms with Crippen LogP contribution in [0.5, 0.6) is 0 Å². The minimum absolute atomic E-state index is 0.0749. The molecule has 0 saturated heterocycles. The molecule has 0 fully saturated rings. The molecule has 8 heteroatoms. The molecule has 0 aliphatic heterocycles. The van der Waals surface area contributed by atoms with Gasteiger partial charge in [0.1, 0.15) is 6.54 Å². The van der Waals surface area contributed by atoms with Crippen LogP contribution in [0.3, 0.4) is 0 Å². The molecule has 1 amide bonds. The Morgan fingerprint density at radius 1 is 1.04 bits per heavy atom. The molecule has 0 unspecified atom stereocenters. The van der Waals surface area contributed by atoms with E-state index in [1.807, 2.05) is 0 Å². The van der Waals surface area contributed by atoms with Gasteiger partial charge in [-0.2, -0.15) is 0 Å². The van der Waals surface area contributed by atoms with Crippen LogP contribution in [0.25, 0.3) is 0 Å². The zero-order valence-electron chi connectivity index (χ0n) is 13.7. The summed E-state index contributed by atoms with van der Waals surface area (Å²) in [7, 11) is -3.80. The highest BCUT2D eigenvalue weighted by atomic mass is 32.2. The molecule has 0 spiro atoms. The molecular weight excluding hydrogens is 332 g/mol. The maximum atomic E-state index is 12.1. The molecule has 0 aliphatic rings. The Morgan fingerprint density at radius 3 is 2.29 bits per heavy atom. The highest BCUT2D eigenvalue weighted by Gasteiger charge is 2.15. The Hall–Kier alpha value is -1.93. The predicted molar refractivity (Wildman–Crippen MR) is 90.1 cm³/mol. The van der Waals surface area contributed by atoms with Crippen molar-refractivity contribution >= 4 is 21.9 Å². The van der Waals surface area contributed by atoms with E-state index in [4.69, 9.17) is 5.11 Å². The molecule has 1 rings (SSSR count). The first-order valence-corrected chi connectivity index (χ1v) is 9.40. The number of aryl methyl sites for hydroxylation is 1. The molecule has 0 saturated carbocycles. The summed E-state index contributed by atoms with van der Waals surface area (Å²) in [5, 5.41) is 10.5. The van der Waals surface area contributed by atoms with Gasteiger partial charge in [-0.25, -0.2) is 13.1 Å². The first-order chi connectivity index (χ1) is 11.3. The molecule has 1 aromatic carbocycles. The van der Waals surface area contributed by atoms with Gasteiger partial charge in [-0.3, -0.25) is 9.59 Å². The summed E-state index contributed by atoms with van der Waals surface area (Å²) in [6.45, 7) is 1.09. The van der Waals surface area contributed by atoms with Crippen LogP contribution in [-0.2, 0) is 26.0 Å². The van der Waals surface area contributed by atoms with Crippen molar-refractivity contribution in [3.63, 3.8) is 0 Å². The summed E-state index contributed by atoms with van der Waals surface area (Å²) in [6.07, 6.45) is 5.50. The highest BCUT2D eigenvalue weighted by Crippen LogP contribution is 2.13. The number of benzene rings is 1. The topological polar surface area (TPSA) is 113 Å². The lowest BCUT2D eigenvalue weighted by atomic mass is 10.1. The fourth-order valence-electron chi connectivity index (χ4n) is 2.07. The van der Waals surface area contributed by atoms with Crippen molar-refractivity contribution in [1.82, 2.24) is 10.0 Å². The summed E-state index contributed by atoms with van der Waals surface area (Å²) in [6, 6.07) is 6.55. The van der Waals surface area contributed by atoms with Gasteiger partial charge in [0.25, 0.3) is 0 Å². The van der Waals surface area contributed by atoms with Crippen molar-refractivity contribution in [2.24, 2.45) is 0 Å². The van der Waals surface area contributed by atoms with Crippen LogP contribution < -0.4 is 10.0 Å². The third-order valence-corrected chi connectivity index (χ3v) is 4.83. The Balaban J connectivity index is 2.51. The fraction of sp³-hybridized carbons (Fsp3) is 0.500. The number of aliphatic carboxylic acids is 1. The van der Waals surface area contributed by atoms with Gasteiger partial charge in [0.2, 0.25) is 15.9 Å². The molecule has 1 aromatic rings. The first-order valence-electron chi connectivity index (χ1n) is 7.92. The summed E-state index contributed by atoms with van der Waals surface area (Å²) >= 11 is 0. The minimum Gasteiger partial charge on any atom is -0.480 e. The zero-order valence-corrected chi connectivity index (χ0v) is 14.6. The average Bonchev–Trinajstić information content (AvgIpc) is 2.55. The molecule has 0 aliphatic carbocycles. The number of hydrogen-bond donors (Lipinski definition) is 3. The summed E-state index contributed by atoms with van der Waals surface area (Å²) in [5.74, 6) is -1.89. The molecule has 7 nitrogen and oxygen atoms in total. The standard InChI is InChI=1S/C16H24N2O5S/c1-2-3-4-5-6-13-7-9-14(10-8-13)24(22,23)18-11-15(19)17-12-16(20)21/h7-10,18H,2-6,11-12H2,1H3,(H,17,19)(H,20,21). The second kappa shape index (κ2) is 10.0. The van der Waals surface area contributed by atoms with Crippen molar-refractivity contribution in [1.29, 1.82) is 0 Å². The van der Waals surface area contributed by atoms with Gasteiger partial charge in [-0.15, -0.1) is 0 Å². The van der Waals surface area contributed by atoms with Crippen LogP contribution in [0.1, 0.15) is 38.2 Å². The van der Waals surface area contributed by atoms with Crippen LogP contribution in [0.4, 0.5) is 0 Å². The van der Waals surface area contributed by atoms with Crippen LogP contribution in [-0.4, -0.2) is 38.5 Å². The lowest BCUT2D eigenvalue weighted by Gasteiger charge is -2.08. The number of hydrogen-bond acceptors (Lipinski definition) is 4. The summed E-state index contributed by atoms with van der Waals surface area (Å²) in [4.78, 5) is 21.7. The Kier molecular flexibility index (Phi) is 8.42. The van der Waals surface area contributed by atoms with Gasteiger partial charge in [0, 0.05) is 0 Å². The lowest BCUT2D eigenvalue weighted by Crippen LogP contribution is -2.38. The van der Waals surface area contributed by atoms with Gasteiger partial charge in [-0.1, -0.05) is 38.3 Å². The van der Waals surface area contributed by atoms with Crippen molar-refractivity contribution < 1.29 is 23.1 Å². The van der Waals surface area contributed by atoms with Crippen LogP contribution in [0, 0.1) is 0 Å². The number of rotatable bonds is 11. The van der Waals surface area contributed by atoms with E-state index >= 15 is 0 Å². The van der Waals surface area contributed by atoms with E-state index in [-0.39, 0.29) is 4.90 Å². The largest absolute Gasteiger partial charge is 0.480 e. The number of sulfonamides is 1.